The van der Waals surface area contributed by atoms with Crippen molar-refractivity contribution in [3.63, 3.8) is 0 Å². The number of carbonyl (C=O) groups is 2. The number of hydrogen-bond donors (Lipinski definition) is 1. The van der Waals surface area contributed by atoms with Gasteiger partial charge in [-0.05, 0) is 54.7 Å². The Balaban J connectivity index is 1.84. The highest BCUT2D eigenvalue weighted by Crippen LogP contribution is 2.39. The fraction of sp³-hybridized carbons (Fsp3) is 0.273. The first-order chi connectivity index (χ1) is 14.4. The number of aliphatic hydroxyl groups excluding tert-OH is 1. The first kappa shape index (κ1) is 20.8. The van der Waals surface area contributed by atoms with Crippen LogP contribution in [-0.2, 0) is 9.59 Å². The monoisotopic (exact) mass is 448 g/mol. The molecule has 2 aromatic rings. The number of imide groups is 1. The second kappa shape index (κ2) is 8.38. The summed E-state index contributed by atoms with van der Waals surface area (Å²) in [5.74, 6) is -1.49. The Morgan fingerprint density at radius 2 is 1.80 bits per heavy atom. The molecule has 2 aliphatic heterocycles. The minimum absolute atomic E-state index is 0.00162. The molecule has 2 aromatic carbocycles. The predicted octanol–water partition coefficient (Wildman–Crippen LogP) is 4.12. The fourth-order valence-electron chi connectivity index (χ4n) is 3.98. The average Bonchev–Trinajstić information content (AvgIpc) is 3.00. The van der Waals surface area contributed by atoms with Crippen molar-refractivity contribution in [1.29, 1.82) is 0 Å². The van der Waals surface area contributed by atoms with Crippen molar-refractivity contribution in [1.82, 2.24) is 4.90 Å². The van der Waals surface area contributed by atoms with Crippen molar-refractivity contribution in [3.05, 3.63) is 69.6 Å². The number of carbonyl (C=O) groups excluding carboxylic acids is 2. The van der Waals surface area contributed by atoms with Crippen LogP contribution in [0.25, 0.3) is 5.57 Å². The second-order valence-corrected chi connectivity index (χ2v) is 8.25. The molecule has 1 atom stereocenters. The summed E-state index contributed by atoms with van der Waals surface area (Å²) in [6.45, 7) is 1.03. The third-order valence-electron chi connectivity index (χ3n) is 5.43. The molecule has 2 heterocycles. The molecule has 2 amide bonds. The molecule has 8 heteroatoms. The Kier molecular flexibility index (Phi) is 5.82. The number of nitrogens with zero attached hydrogens (tertiary/aromatic N) is 2. The van der Waals surface area contributed by atoms with Gasteiger partial charge in [-0.15, -0.1) is 0 Å². The number of piperidine rings is 1. The maximum atomic E-state index is 13.5. The molecular weight excluding hydrogens is 430 g/mol. The van der Waals surface area contributed by atoms with Gasteiger partial charge in [0, 0.05) is 24.7 Å². The van der Waals surface area contributed by atoms with Crippen molar-refractivity contribution in [2.45, 2.75) is 12.8 Å². The molecule has 0 radical (unpaired) electrons. The third-order valence-corrected chi connectivity index (χ3v) is 5.99. The first-order valence-electron chi connectivity index (χ1n) is 9.60. The average molecular weight is 449 g/mol. The minimum Gasteiger partial charge on any atom is -0.396 e. The minimum atomic E-state index is -0.545. The summed E-state index contributed by atoms with van der Waals surface area (Å²) in [6.07, 6.45) is 1.63. The quantitative estimate of drug-likeness (QED) is 0.714. The second-order valence-electron chi connectivity index (χ2n) is 7.41. The molecule has 2 aliphatic rings. The summed E-state index contributed by atoms with van der Waals surface area (Å²) < 4.78 is 13.5. The molecule has 0 aromatic heterocycles. The van der Waals surface area contributed by atoms with Gasteiger partial charge in [-0.3, -0.25) is 9.59 Å². The summed E-state index contributed by atoms with van der Waals surface area (Å²) in [6, 6.07) is 10.0. The number of rotatable bonds is 4. The van der Waals surface area contributed by atoms with E-state index in [2.05, 4.69) is 0 Å². The Morgan fingerprint density at radius 1 is 1.07 bits per heavy atom. The Bertz CT molecular complexity index is 1040. The van der Waals surface area contributed by atoms with Crippen molar-refractivity contribution in [2.75, 3.05) is 24.6 Å². The van der Waals surface area contributed by atoms with Crippen LogP contribution in [0.3, 0.4) is 0 Å². The van der Waals surface area contributed by atoms with Crippen LogP contribution in [-0.4, -0.2) is 41.5 Å². The molecule has 1 N–H and O–H groups in total. The molecule has 0 spiro atoms. The van der Waals surface area contributed by atoms with E-state index in [0.29, 0.717) is 23.7 Å². The topological polar surface area (TPSA) is 60.9 Å². The van der Waals surface area contributed by atoms with Gasteiger partial charge < -0.3 is 10.0 Å². The van der Waals surface area contributed by atoms with Gasteiger partial charge in [0.2, 0.25) is 0 Å². The van der Waals surface area contributed by atoms with E-state index in [1.54, 1.807) is 6.07 Å². The molecule has 0 aliphatic carbocycles. The maximum Gasteiger partial charge on any atom is 0.282 e. The number of amides is 2. The van der Waals surface area contributed by atoms with E-state index in [1.165, 1.54) is 36.4 Å². The zero-order chi connectivity index (χ0) is 21.4. The molecule has 0 saturated carbocycles. The number of halogens is 3. The molecule has 1 saturated heterocycles. The molecule has 30 heavy (non-hydrogen) atoms. The lowest BCUT2D eigenvalue weighted by Gasteiger charge is -2.34. The Hall–Kier alpha value is -2.41. The number of anilines is 1. The predicted molar refractivity (Wildman–Crippen MR) is 114 cm³/mol. The number of aliphatic hydroxyl groups is 1. The molecule has 156 valence electrons. The summed E-state index contributed by atoms with van der Waals surface area (Å²) in [5, 5.41) is 10.2. The Labute approximate surface area is 183 Å². The van der Waals surface area contributed by atoms with Gasteiger partial charge in [-0.25, -0.2) is 9.29 Å². The van der Waals surface area contributed by atoms with Crippen LogP contribution in [0.5, 0.6) is 0 Å². The molecule has 1 unspecified atom stereocenters. The van der Waals surface area contributed by atoms with Gasteiger partial charge in [-0.1, -0.05) is 35.3 Å². The molecule has 0 bridgehead atoms. The third kappa shape index (κ3) is 3.71. The van der Waals surface area contributed by atoms with Gasteiger partial charge in [0.15, 0.2) is 0 Å². The number of hydrogen-bond acceptors (Lipinski definition) is 4. The number of benzene rings is 2. The summed E-state index contributed by atoms with van der Waals surface area (Å²) in [7, 11) is 0. The van der Waals surface area contributed by atoms with E-state index in [1.807, 2.05) is 4.90 Å². The van der Waals surface area contributed by atoms with Crippen molar-refractivity contribution in [2.24, 2.45) is 5.92 Å². The fourth-order valence-corrected chi connectivity index (χ4v) is 4.35. The van der Waals surface area contributed by atoms with Crippen molar-refractivity contribution >= 4 is 46.3 Å². The summed E-state index contributed by atoms with van der Waals surface area (Å²) >= 11 is 12.4. The lowest BCUT2D eigenvalue weighted by molar-refractivity contribution is -0.120. The van der Waals surface area contributed by atoms with E-state index >= 15 is 0 Å². The summed E-state index contributed by atoms with van der Waals surface area (Å²) in [5.41, 5.74) is 1.07. The van der Waals surface area contributed by atoms with Crippen LogP contribution in [0.4, 0.5) is 10.1 Å². The van der Waals surface area contributed by atoms with Gasteiger partial charge in [0.25, 0.3) is 11.8 Å². The van der Waals surface area contributed by atoms with Gasteiger partial charge in [-0.2, -0.15) is 0 Å². The smallest absolute Gasteiger partial charge is 0.282 e. The van der Waals surface area contributed by atoms with E-state index in [4.69, 9.17) is 23.2 Å². The molecule has 5 nitrogen and oxygen atoms in total. The normalized spacial score (nSPS) is 19.8. The molecule has 1 fully saturated rings. The van der Waals surface area contributed by atoms with Crippen molar-refractivity contribution < 1.29 is 19.1 Å². The van der Waals surface area contributed by atoms with E-state index in [9.17, 15) is 19.1 Å². The summed E-state index contributed by atoms with van der Waals surface area (Å²) in [4.78, 5) is 29.8. The SMILES string of the molecule is O=C1C(c2ccc(F)cc2)=C(N2CCCC(CO)C2)C(=O)N1c1cc(Cl)ccc1Cl. The highest BCUT2D eigenvalue weighted by atomic mass is 35.5. The van der Waals surface area contributed by atoms with Crippen LogP contribution in [0.1, 0.15) is 18.4 Å². The Morgan fingerprint density at radius 3 is 2.50 bits per heavy atom. The maximum absolute atomic E-state index is 13.5. The van der Waals surface area contributed by atoms with Gasteiger partial charge >= 0.3 is 0 Å². The molecular formula is C22H19Cl2FN2O3. The van der Waals surface area contributed by atoms with E-state index < -0.39 is 17.6 Å². The molecule has 4 rings (SSSR count). The van der Waals surface area contributed by atoms with Gasteiger partial charge in [0.05, 0.1) is 16.3 Å². The standard InChI is InChI=1S/C22H19Cl2FN2O3/c23-15-5-8-17(24)18(10-15)27-21(29)19(14-3-6-16(25)7-4-14)20(22(27)30)26-9-1-2-13(11-26)12-28/h3-8,10,13,28H,1-2,9,11-12H2. The largest absolute Gasteiger partial charge is 0.396 e. The van der Waals surface area contributed by atoms with Crippen LogP contribution in [0, 0.1) is 11.7 Å². The van der Waals surface area contributed by atoms with Crippen LogP contribution >= 0.6 is 23.2 Å². The lowest BCUT2D eigenvalue weighted by Crippen LogP contribution is -2.40. The first-order valence-corrected chi connectivity index (χ1v) is 10.4. The highest BCUT2D eigenvalue weighted by Gasteiger charge is 2.44. The zero-order valence-corrected chi connectivity index (χ0v) is 17.5. The van der Waals surface area contributed by atoms with Gasteiger partial charge in [0.1, 0.15) is 11.5 Å². The number of likely N-dealkylation sites (tertiary alicyclic amines) is 1. The van der Waals surface area contributed by atoms with Crippen molar-refractivity contribution in [3.8, 4) is 0 Å². The van der Waals surface area contributed by atoms with Crippen LogP contribution in [0.2, 0.25) is 10.0 Å². The van der Waals surface area contributed by atoms with Crippen LogP contribution in [0.15, 0.2) is 48.2 Å². The van der Waals surface area contributed by atoms with E-state index in [0.717, 1.165) is 17.7 Å². The zero-order valence-electron chi connectivity index (χ0n) is 15.9. The van der Waals surface area contributed by atoms with E-state index in [-0.39, 0.29) is 34.5 Å². The van der Waals surface area contributed by atoms with Crippen LogP contribution < -0.4 is 4.90 Å². The highest BCUT2D eigenvalue weighted by molar-refractivity contribution is 6.47. The lowest BCUT2D eigenvalue weighted by atomic mass is 9.97.